The Morgan fingerprint density at radius 1 is 0.906 bits per heavy atom. The summed E-state index contributed by atoms with van der Waals surface area (Å²) in [5.41, 5.74) is 3.27. The van der Waals surface area contributed by atoms with Crippen molar-refractivity contribution in [2.75, 3.05) is 0 Å². The molecule has 32 heavy (non-hydrogen) atoms. The van der Waals surface area contributed by atoms with Crippen LogP contribution in [0.25, 0.3) is 22.0 Å². The molecule has 3 aromatic rings. The van der Waals surface area contributed by atoms with Gasteiger partial charge in [-0.15, -0.1) is 35.9 Å². The summed E-state index contributed by atoms with van der Waals surface area (Å²) in [5.74, 6) is 0.630. The molecule has 2 aliphatic rings. The fraction of sp³-hybridized carbons (Fsp3) is 0.464. The van der Waals surface area contributed by atoms with Gasteiger partial charge in [0.1, 0.15) is 0 Å². The fourth-order valence-corrected chi connectivity index (χ4v) is 5.63. The zero-order chi connectivity index (χ0) is 22.4. The first-order valence-electron chi connectivity index (χ1n) is 11.3. The van der Waals surface area contributed by atoms with Crippen molar-refractivity contribution in [3.05, 3.63) is 66.4 Å². The van der Waals surface area contributed by atoms with E-state index in [1.807, 2.05) is 30.5 Å². The molecule has 0 bridgehead atoms. The first-order chi connectivity index (χ1) is 14.6. The van der Waals surface area contributed by atoms with Crippen molar-refractivity contribution in [1.29, 1.82) is 0 Å². The van der Waals surface area contributed by atoms with E-state index in [1.54, 1.807) is 0 Å². The summed E-state index contributed by atoms with van der Waals surface area (Å²) < 4.78 is 0. The van der Waals surface area contributed by atoms with Crippen LogP contribution < -0.4 is 0 Å². The third-order valence-corrected chi connectivity index (χ3v) is 7.31. The van der Waals surface area contributed by atoms with E-state index in [1.165, 1.54) is 16.3 Å². The number of rotatable bonds is 1. The Morgan fingerprint density at radius 3 is 2.12 bits per heavy atom. The number of hydrogen-bond donors (Lipinski definition) is 2. The number of pyridine rings is 1. The zero-order valence-corrected chi connectivity index (χ0v) is 22.0. The molecule has 173 valence electrons. The van der Waals surface area contributed by atoms with Crippen molar-refractivity contribution in [2.45, 2.75) is 59.7 Å². The maximum absolute atomic E-state index is 10.2. The van der Waals surface area contributed by atoms with Crippen LogP contribution >= 0.6 is 0 Å². The molecular weight excluding hydrogens is 575 g/mol. The standard InChI is InChI=1S/C16H12N.C12H22O2.Ir/c1-12-7-8-14-11-17-16(10-15(14)9-12)13-5-3-2-4-6-13;1-11(2)5-7-6-12(3,4)10(14)8(7)9(11)13;/h2-5,7-11H,1H3;7-10,13-14H,5-6H2,1-4H3;/q-1;;. The van der Waals surface area contributed by atoms with Crippen LogP contribution in [0.4, 0.5) is 0 Å². The van der Waals surface area contributed by atoms with Crippen molar-refractivity contribution >= 4 is 10.8 Å². The Morgan fingerprint density at radius 2 is 1.56 bits per heavy atom. The molecule has 2 fully saturated rings. The number of hydrogen-bond acceptors (Lipinski definition) is 3. The second-order valence-corrected chi connectivity index (χ2v) is 10.8. The Hall–Kier alpha value is -1.58. The van der Waals surface area contributed by atoms with E-state index in [0.717, 1.165) is 24.1 Å². The quantitative estimate of drug-likeness (QED) is 0.343. The molecule has 0 amide bonds. The minimum atomic E-state index is -0.329. The fourth-order valence-electron chi connectivity index (χ4n) is 5.63. The van der Waals surface area contributed by atoms with Crippen LogP contribution in [0, 0.1) is 35.7 Å². The molecule has 3 nitrogen and oxygen atoms in total. The number of aromatic nitrogens is 1. The van der Waals surface area contributed by atoms with Gasteiger partial charge in [0.15, 0.2) is 0 Å². The SMILES string of the molecule is CC1(C)CC2CC(C)(C)C(O)C2C1O.Cc1ccc2cnc(-c3[c-]cccc3)cc2c1.[Ir]. The van der Waals surface area contributed by atoms with Gasteiger partial charge in [-0.25, -0.2) is 0 Å². The minimum Gasteiger partial charge on any atom is -0.392 e. The molecule has 0 spiro atoms. The van der Waals surface area contributed by atoms with Crippen molar-refractivity contribution in [3.8, 4) is 11.3 Å². The van der Waals surface area contributed by atoms with Crippen LogP contribution in [0.15, 0.2) is 54.7 Å². The van der Waals surface area contributed by atoms with Crippen LogP contribution in [-0.2, 0) is 20.1 Å². The second kappa shape index (κ2) is 9.35. The van der Waals surface area contributed by atoms with E-state index in [9.17, 15) is 10.2 Å². The van der Waals surface area contributed by atoms with E-state index in [2.05, 4.69) is 69.9 Å². The topological polar surface area (TPSA) is 53.4 Å². The molecular formula is C28H34IrNO2-. The normalized spacial score (nSPS) is 27.2. The molecule has 2 atom stereocenters. The van der Waals surface area contributed by atoms with Gasteiger partial charge in [-0.1, -0.05) is 57.5 Å². The van der Waals surface area contributed by atoms with Gasteiger partial charge in [0, 0.05) is 32.2 Å². The largest absolute Gasteiger partial charge is 0.392 e. The Bertz CT molecular complexity index is 1040. The molecule has 2 unspecified atom stereocenters. The number of nitrogens with zero attached hydrogens (tertiary/aromatic N) is 1. The molecule has 2 saturated carbocycles. The van der Waals surface area contributed by atoms with Crippen LogP contribution in [-0.4, -0.2) is 27.4 Å². The maximum Gasteiger partial charge on any atom is 0.0646 e. The van der Waals surface area contributed by atoms with E-state index >= 15 is 0 Å². The molecule has 2 aliphatic carbocycles. The van der Waals surface area contributed by atoms with Crippen molar-refractivity contribution in [1.82, 2.24) is 4.98 Å². The molecule has 2 aromatic carbocycles. The maximum atomic E-state index is 10.2. The van der Waals surface area contributed by atoms with Gasteiger partial charge in [-0.3, -0.25) is 0 Å². The van der Waals surface area contributed by atoms with E-state index < -0.39 is 0 Å². The van der Waals surface area contributed by atoms with Gasteiger partial charge in [0.2, 0.25) is 0 Å². The molecule has 0 saturated heterocycles. The first-order valence-corrected chi connectivity index (χ1v) is 11.3. The number of aryl methyl sites for hydroxylation is 1. The van der Waals surface area contributed by atoms with Gasteiger partial charge >= 0.3 is 0 Å². The summed E-state index contributed by atoms with van der Waals surface area (Å²) in [5, 5.41) is 22.7. The summed E-state index contributed by atoms with van der Waals surface area (Å²) in [6.07, 6.45) is 3.37. The van der Waals surface area contributed by atoms with Crippen LogP contribution in [0.2, 0.25) is 0 Å². The first kappa shape index (κ1) is 25.0. The molecule has 5 rings (SSSR count). The molecule has 4 heteroatoms. The van der Waals surface area contributed by atoms with E-state index in [-0.39, 0.29) is 49.1 Å². The minimum absolute atomic E-state index is 0. The Kier molecular flexibility index (Phi) is 7.32. The number of benzene rings is 2. The summed E-state index contributed by atoms with van der Waals surface area (Å²) in [7, 11) is 0. The Labute approximate surface area is 205 Å². The van der Waals surface area contributed by atoms with E-state index in [4.69, 9.17) is 0 Å². The molecule has 1 heterocycles. The van der Waals surface area contributed by atoms with E-state index in [0.29, 0.717) is 5.92 Å². The van der Waals surface area contributed by atoms with Crippen LogP contribution in [0.5, 0.6) is 0 Å². The molecule has 1 aromatic heterocycles. The van der Waals surface area contributed by atoms with Crippen LogP contribution in [0.3, 0.4) is 0 Å². The third-order valence-electron chi connectivity index (χ3n) is 7.31. The van der Waals surface area contributed by atoms with Crippen LogP contribution in [0.1, 0.15) is 46.1 Å². The van der Waals surface area contributed by atoms with Crippen molar-refractivity contribution in [2.24, 2.45) is 22.7 Å². The summed E-state index contributed by atoms with van der Waals surface area (Å²) >= 11 is 0. The summed E-state index contributed by atoms with van der Waals surface area (Å²) in [6, 6.07) is 19.6. The molecule has 1 radical (unpaired) electrons. The summed E-state index contributed by atoms with van der Waals surface area (Å²) in [6.45, 7) is 10.5. The van der Waals surface area contributed by atoms with Gasteiger partial charge in [-0.2, -0.15) is 0 Å². The monoisotopic (exact) mass is 609 g/mol. The second-order valence-electron chi connectivity index (χ2n) is 10.8. The van der Waals surface area contributed by atoms with Gasteiger partial charge in [0.25, 0.3) is 0 Å². The summed E-state index contributed by atoms with van der Waals surface area (Å²) in [4.78, 5) is 4.48. The van der Waals surface area contributed by atoms with Gasteiger partial charge in [-0.05, 0) is 53.0 Å². The van der Waals surface area contributed by atoms with Gasteiger partial charge in [0.05, 0.1) is 12.2 Å². The molecule has 0 aliphatic heterocycles. The third kappa shape index (κ3) is 4.84. The average molecular weight is 609 g/mol. The number of aliphatic hydroxyl groups excluding tert-OH is 2. The zero-order valence-electron chi connectivity index (χ0n) is 19.6. The molecule has 2 N–H and O–H groups in total. The average Bonchev–Trinajstić information content (AvgIpc) is 3.08. The van der Waals surface area contributed by atoms with Gasteiger partial charge < -0.3 is 15.2 Å². The van der Waals surface area contributed by atoms with Crippen molar-refractivity contribution in [3.63, 3.8) is 0 Å². The smallest absolute Gasteiger partial charge is 0.0646 e. The predicted molar refractivity (Wildman–Crippen MR) is 127 cm³/mol. The van der Waals surface area contributed by atoms with Crippen molar-refractivity contribution < 1.29 is 30.3 Å². The number of fused-ring (bicyclic) bond motifs is 2. The number of aliphatic hydroxyl groups is 2. The predicted octanol–water partition coefficient (Wildman–Crippen LogP) is 5.81. The Balaban J connectivity index is 0.000000178.